The van der Waals surface area contributed by atoms with Crippen molar-refractivity contribution in [3.63, 3.8) is 0 Å². The molecular formula is C49H32F2N3OP. The Hall–Kier alpha value is -6.88. The Kier molecular flexibility index (Phi) is 9.18. The lowest BCUT2D eigenvalue weighted by Gasteiger charge is -2.20. The molecule has 0 aliphatic rings. The minimum absolute atomic E-state index is 0.359. The van der Waals surface area contributed by atoms with Gasteiger partial charge in [0.25, 0.3) is 0 Å². The van der Waals surface area contributed by atoms with E-state index in [9.17, 15) is 8.78 Å². The normalized spacial score (nSPS) is 11.5. The molecule has 0 saturated heterocycles. The monoisotopic (exact) mass is 747 g/mol. The van der Waals surface area contributed by atoms with Gasteiger partial charge in [0.15, 0.2) is 24.6 Å². The Morgan fingerprint density at radius 3 is 1.32 bits per heavy atom. The van der Waals surface area contributed by atoms with Crippen molar-refractivity contribution in [3.8, 4) is 56.4 Å². The molecule has 8 aromatic carbocycles. The van der Waals surface area contributed by atoms with Gasteiger partial charge in [0, 0.05) is 32.6 Å². The summed E-state index contributed by atoms with van der Waals surface area (Å²) in [5.74, 6) is 0.487. The fourth-order valence-electron chi connectivity index (χ4n) is 7.14. The number of hydrogen-bond donors (Lipinski definition) is 0. The third-order valence-electron chi connectivity index (χ3n) is 9.98. The topological polar surface area (TPSA) is 55.7 Å². The number of benzene rings is 8. The van der Waals surface area contributed by atoms with E-state index in [1.54, 1.807) is 24.3 Å². The van der Waals surface area contributed by atoms with Crippen molar-refractivity contribution in [2.75, 3.05) is 0 Å². The highest BCUT2D eigenvalue weighted by Gasteiger charge is 2.29. The zero-order valence-electron chi connectivity index (χ0n) is 29.9. The second-order valence-corrected chi connectivity index (χ2v) is 16.2. The molecule has 9 aromatic rings. The second kappa shape index (κ2) is 14.7. The minimum Gasteiger partial charge on any atom is -0.309 e. The standard InChI is InChI=1S/C49H32F2N3OP/c50-38-26-22-35(23-27-38)47-52-48(36-24-28-39(51)29-25-36)54-49(53-47)46-31-30-43(44-16-7-8-17-45(44)46)34-20-18-33(19-21-34)37-10-9-15-42(32-37)56(55,40-11-3-1-4-12-40)41-13-5-2-6-14-41/h1-32H. The van der Waals surface area contributed by atoms with Crippen LogP contribution in [0.3, 0.4) is 0 Å². The van der Waals surface area contributed by atoms with Gasteiger partial charge in [0.05, 0.1) is 0 Å². The molecule has 0 radical (unpaired) electrons. The number of nitrogens with zero attached hydrogens (tertiary/aromatic N) is 3. The molecule has 4 nitrogen and oxygen atoms in total. The van der Waals surface area contributed by atoms with Crippen LogP contribution in [0.1, 0.15) is 0 Å². The number of rotatable bonds is 8. The summed E-state index contributed by atoms with van der Waals surface area (Å²) in [6.07, 6.45) is 0. The predicted octanol–water partition coefficient (Wildman–Crippen LogP) is 11.3. The van der Waals surface area contributed by atoms with Crippen molar-refractivity contribution in [1.29, 1.82) is 0 Å². The van der Waals surface area contributed by atoms with Gasteiger partial charge >= 0.3 is 0 Å². The van der Waals surface area contributed by atoms with E-state index < -0.39 is 7.14 Å². The Morgan fingerprint density at radius 2 is 0.768 bits per heavy atom. The number of aromatic nitrogens is 3. The summed E-state index contributed by atoms with van der Waals surface area (Å²) in [6.45, 7) is 0. The SMILES string of the molecule is O=P(c1ccccc1)(c1ccccc1)c1cccc(-c2ccc(-c3ccc(-c4nc(-c5ccc(F)cc5)nc(-c5ccc(F)cc5)n4)c4ccccc34)cc2)c1. The first-order valence-electron chi connectivity index (χ1n) is 18.2. The zero-order valence-corrected chi connectivity index (χ0v) is 30.8. The average molecular weight is 748 g/mol. The van der Waals surface area contributed by atoms with Crippen molar-refractivity contribution in [3.05, 3.63) is 206 Å². The smallest absolute Gasteiger partial charge is 0.171 e. The molecule has 0 fully saturated rings. The maximum Gasteiger partial charge on any atom is 0.171 e. The zero-order chi connectivity index (χ0) is 38.1. The van der Waals surface area contributed by atoms with E-state index in [4.69, 9.17) is 15.0 Å². The Labute approximate surface area is 323 Å². The van der Waals surface area contributed by atoms with Gasteiger partial charge in [0.2, 0.25) is 0 Å². The van der Waals surface area contributed by atoms with E-state index >= 15 is 4.57 Å². The molecule has 268 valence electrons. The number of fused-ring (bicyclic) bond motifs is 1. The van der Waals surface area contributed by atoms with Crippen LogP contribution in [0.2, 0.25) is 0 Å². The summed E-state index contributed by atoms with van der Waals surface area (Å²) >= 11 is 0. The fourth-order valence-corrected chi connectivity index (χ4v) is 9.84. The summed E-state index contributed by atoms with van der Waals surface area (Å²) in [5, 5.41) is 4.33. The molecule has 0 aliphatic heterocycles. The summed E-state index contributed by atoms with van der Waals surface area (Å²) in [4.78, 5) is 14.4. The maximum atomic E-state index is 15.1. The lowest BCUT2D eigenvalue weighted by molar-refractivity contribution is 0.592. The van der Waals surface area contributed by atoms with Crippen LogP contribution in [-0.2, 0) is 4.57 Å². The van der Waals surface area contributed by atoms with E-state index in [2.05, 4.69) is 48.5 Å². The van der Waals surface area contributed by atoms with E-state index in [0.29, 0.717) is 28.6 Å². The third kappa shape index (κ3) is 6.61. The average Bonchev–Trinajstić information content (AvgIpc) is 3.27. The molecule has 0 unspecified atom stereocenters. The van der Waals surface area contributed by atoms with Gasteiger partial charge in [-0.1, -0.05) is 133 Å². The van der Waals surface area contributed by atoms with Crippen molar-refractivity contribution in [2.24, 2.45) is 0 Å². The van der Waals surface area contributed by atoms with Crippen molar-refractivity contribution >= 4 is 33.8 Å². The molecule has 0 atom stereocenters. The van der Waals surface area contributed by atoms with Crippen molar-refractivity contribution in [2.45, 2.75) is 0 Å². The predicted molar refractivity (Wildman–Crippen MR) is 224 cm³/mol. The van der Waals surface area contributed by atoms with E-state index in [1.165, 1.54) is 24.3 Å². The van der Waals surface area contributed by atoms with Crippen molar-refractivity contribution in [1.82, 2.24) is 15.0 Å². The molecule has 7 heteroatoms. The molecule has 0 bridgehead atoms. The van der Waals surface area contributed by atoms with E-state index in [-0.39, 0.29) is 11.6 Å². The third-order valence-corrected chi connectivity index (χ3v) is 13.0. The van der Waals surface area contributed by atoms with Crippen LogP contribution >= 0.6 is 7.14 Å². The maximum absolute atomic E-state index is 15.1. The molecule has 0 spiro atoms. The van der Waals surface area contributed by atoms with Crippen LogP contribution in [0.5, 0.6) is 0 Å². The summed E-state index contributed by atoms with van der Waals surface area (Å²) in [6, 6.07) is 60.1. The van der Waals surface area contributed by atoms with E-state index in [1.807, 2.05) is 97.1 Å². The number of hydrogen-bond acceptors (Lipinski definition) is 4. The number of halogens is 2. The van der Waals surface area contributed by atoms with Crippen LogP contribution in [0.4, 0.5) is 8.78 Å². The summed E-state index contributed by atoms with van der Waals surface area (Å²) < 4.78 is 42.8. The molecule has 0 saturated carbocycles. The molecular weight excluding hydrogens is 716 g/mol. The largest absolute Gasteiger partial charge is 0.309 e. The van der Waals surface area contributed by atoms with Gasteiger partial charge in [-0.05, 0) is 93.7 Å². The Balaban J connectivity index is 1.10. The van der Waals surface area contributed by atoms with Gasteiger partial charge in [0.1, 0.15) is 11.6 Å². The first-order valence-corrected chi connectivity index (χ1v) is 19.9. The molecule has 1 heterocycles. The van der Waals surface area contributed by atoms with Gasteiger partial charge in [-0.25, -0.2) is 23.7 Å². The first kappa shape index (κ1) is 34.9. The lowest BCUT2D eigenvalue weighted by Crippen LogP contribution is -2.25. The Bertz CT molecular complexity index is 2780. The summed E-state index contributed by atoms with van der Waals surface area (Å²) in [7, 11) is -3.13. The van der Waals surface area contributed by atoms with Crippen LogP contribution in [0, 0.1) is 11.6 Å². The molecule has 0 aliphatic carbocycles. The molecule has 1 aromatic heterocycles. The van der Waals surface area contributed by atoms with Gasteiger partial charge < -0.3 is 4.57 Å². The van der Waals surface area contributed by atoms with Crippen LogP contribution in [0.15, 0.2) is 194 Å². The van der Waals surface area contributed by atoms with Gasteiger partial charge in [-0.2, -0.15) is 0 Å². The van der Waals surface area contributed by atoms with E-state index in [0.717, 1.165) is 54.5 Å². The van der Waals surface area contributed by atoms with Gasteiger partial charge in [-0.15, -0.1) is 0 Å². The van der Waals surface area contributed by atoms with Crippen LogP contribution < -0.4 is 15.9 Å². The molecule has 0 N–H and O–H groups in total. The molecule has 56 heavy (non-hydrogen) atoms. The van der Waals surface area contributed by atoms with Crippen LogP contribution in [0.25, 0.3) is 67.2 Å². The van der Waals surface area contributed by atoms with Crippen molar-refractivity contribution < 1.29 is 13.3 Å². The van der Waals surface area contributed by atoms with Gasteiger partial charge in [-0.3, -0.25) is 0 Å². The first-order chi connectivity index (χ1) is 27.4. The summed E-state index contributed by atoms with van der Waals surface area (Å²) in [5.41, 5.74) is 6.12. The minimum atomic E-state index is -3.13. The van der Waals surface area contributed by atoms with Crippen LogP contribution in [-0.4, -0.2) is 15.0 Å². The quantitative estimate of drug-likeness (QED) is 0.145. The molecule has 9 rings (SSSR count). The molecule has 0 amide bonds. The second-order valence-electron chi connectivity index (χ2n) is 13.4. The Morgan fingerprint density at radius 1 is 0.339 bits per heavy atom. The lowest BCUT2D eigenvalue weighted by atomic mass is 9.93. The highest BCUT2D eigenvalue weighted by atomic mass is 31.2. The highest BCUT2D eigenvalue weighted by Crippen LogP contribution is 2.43. The fraction of sp³-hybridized carbons (Fsp3) is 0. The highest BCUT2D eigenvalue weighted by molar-refractivity contribution is 7.85.